The monoisotopic (exact) mass is 277 g/mol. The fraction of sp³-hybridized carbons (Fsp3) is 0.562. The minimum atomic E-state index is -0.539. The van der Waals surface area contributed by atoms with E-state index in [9.17, 15) is 4.79 Å². The van der Waals surface area contributed by atoms with Gasteiger partial charge in [-0.2, -0.15) is 0 Å². The number of aryl methyl sites for hydroxylation is 2. The molecule has 1 aromatic rings. The maximum absolute atomic E-state index is 12.0. The first-order valence-corrected chi connectivity index (χ1v) is 7.00. The summed E-state index contributed by atoms with van der Waals surface area (Å²) in [4.78, 5) is 12.0. The maximum Gasteiger partial charge on any atom is 0.224 e. The Bertz CT molecular complexity index is 496. The maximum atomic E-state index is 12.0. The van der Waals surface area contributed by atoms with Crippen LogP contribution in [0.4, 0.5) is 0 Å². The fourth-order valence-electron chi connectivity index (χ4n) is 2.32. The predicted octanol–water partition coefficient (Wildman–Crippen LogP) is 2.11. The zero-order valence-corrected chi connectivity index (χ0v) is 12.7. The molecule has 1 amide bonds. The molecule has 1 fully saturated rings. The third kappa shape index (κ3) is 4.05. The summed E-state index contributed by atoms with van der Waals surface area (Å²) in [7, 11) is 0. The summed E-state index contributed by atoms with van der Waals surface area (Å²) < 4.78 is 11.1. The number of hydrogen-bond acceptors (Lipinski definition) is 3. The zero-order chi connectivity index (χ0) is 14.8. The third-order valence-electron chi connectivity index (χ3n) is 3.45. The van der Waals surface area contributed by atoms with Gasteiger partial charge in [-0.05, 0) is 38.8 Å². The molecule has 0 radical (unpaired) electrons. The topological polar surface area (TPSA) is 47.6 Å². The third-order valence-corrected chi connectivity index (χ3v) is 3.45. The first kappa shape index (κ1) is 15.0. The molecule has 110 valence electrons. The van der Waals surface area contributed by atoms with Gasteiger partial charge < -0.3 is 14.8 Å². The van der Waals surface area contributed by atoms with Crippen molar-refractivity contribution in [1.82, 2.24) is 5.32 Å². The second-order valence-electron chi connectivity index (χ2n) is 5.86. The summed E-state index contributed by atoms with van der Waals surface area (Å²) in [5, 5.41) is 2.91. The van der Waals surface area contributed by atoms with Crippen molar-refractivity contribution in [2.45, 2.75) is 46.0 Å². The van der Waals surface area contributed by atoms with Crippen LogP contribution in [0.1, 0.15) is 30.5 Å². The van der Waals surface area contributed by atoms with Gasteiger partial charge in [-0.3, -0.25) is 4.79 Å². The van der Waals surface area contributed by atoms with Crippen LogP contribution in [-0.2, 0) is 20.7 Å². The van der Waals surface area contributed by atoms with Crippen molar-refractivity contribution in [2.75, 3.05) is 13.2 Å². The van der Waals surface area contributed by atoms with Crippen molar-refractivity contribution in [3.05, 3.63) is 34.9 Å². The molecule has 0 saturated carbocycles. The molecule has 1 aliphatic rings. The Balaban J connectivity index is 1.83. The van der Waals surface area contributed by atoms with Gasteiger partial charge >= 0.3 is 0 Å². The van der Waals surface area contributed by atoms with Gasteiger partial charge in [0.15, 0.2) is 5.79 Å². The van der Waals surface area contributed by atoms with Gasteiger partial charge in [0.25, 0.3) is 0 Å². The van der Waals surface area contributed by atoms with Crippen molar-refractivity contribution in [3.8, 4) is 0 Å². The lowest BCUT2D eigenvalue weighted by atomic mass is 10.0. The highest BCUT2D eigenvalue weighted by Crippen LogP contribution is 2.21. The first-order chi connectivity index (χ1) is 9.35. The van der Waals surface area contributed by atoms with E-state index in [0.29, 0.717) is 19.6 Å². The molecule has 1 aliphatic heterocycles. The SMILES string of the molecule is Cc1ccc(C)c(CC(=O)NCC2COC(C)(C)O2)c1. The fourth-order valence-corrected chi connectivity index (χ4v) is 2.32. The molecule has 2 rings (SSSR count). The average molecular weight is 277 g/mol. The molecule has 0 bridgehead atoms. The molecule has 1 heterocycles. The van der Waals surface area contributed by atoms with Crippen molar-refractivity contribution < 1.29 is 14.3 Å². The Kier molecular flexibility index (Phi) is 4.45. The highest BCUT2D eigenvalue weighted by molar-refractivity contribution is 5.79. The van der Waals surface area contributed by atoms with E-state index in [2.05, 4.69) is 17.4 Å². The minimum Gasteiger partial charge on any atom is -0.353 e. The molecule has 4 nitrogen and oxygen atoms in total. The Morgan fingerprint density at radius 1 is 1.40 bits per heavy atom. The van der Waals surface area contributed by atoms with Gasteiger partial charge in [0, 0.05) is 6.54 Å². The molecule has 1 aromatic carbocycles. The van der Waals surface area contributed by atoms with Crippen molar-refractivity contribution in [1.29, 1.82) is 0 Å². The van der Waals surface area contributed by atoms with Gasteiger partial charge in [0.05, 0.1) is 13.0 Å². The summed E-state index contributed by atoms with van der Waals surface area (Å²) in [5.41, 5.74) is 3.39. The van der Waals surface area contributed by atoms with E-state index in [1.807, 2.05) is 33.8 Å². The van der Waals surface area contributed by atoms with E-state index in [0.717, 1.165) is 11.1 Å². The number of carbonyl (C=O) groups excluding carboxylic acids is 1. The summed E-state index contributed by atoms with van der Waals surface area (Å²) in [6, 6.07) is 6.17. The van der Waals surface area contributed by atoms with Crippen LogP contribution in [0.3, 0.4) is 0 Å². The van der Waals surface area contributed by atoms with Crippen LogP contribution in [0.15, 0.2) is 18.2 Å². The van der Waals surface area contributed by atoms with Crippen molar-refractivity contribution >= 4 is 5.91 Å². The first-order valence-electron chi connectivity index (χ1n) is 7.00. The molecule has 0 spiro atoms. The number of benzene rings is 1. The van der Waals surface area contributed by atoms with E-state index in [1.165, 1.54) is 5.56 Å². The van der Waals surface area contributed by atoms with Crippen molar-refractivity contribution in [3.63, 3.8) is 0 Å². The smallest absolute Gasteiger partial charge is 0.224 e. The molecule has 0 aliphatic carbocycles. The summed E-state index contributed by atoms with van der Waals surface area (Å²) in [5.74, 6) is -0.519. The van der Waals surface area contributed by atoms with Gasteiger partial charge in [0.1, 0.15) is 6.10 Å². The lowest BCUT2D eigenvalue weighted by Gasteiger charge is -2.17. The number of hydrogen-bond donors (Lipinski definition) is 1. The van der Waals surface area contributed by atoms with Gasteiger partial charge in [-0.1, -0.05) is 23.8 Å². The Hall–Kier alpha value is -1.39. The largest absolute Gasteiger partial charge is 0.353 e. The minimum absolute atomic E-state index is 0.0204. The highest BCUT2D eigenvalue weighted by atomic mass is 16.7. The molecule has 0 aromatic heterocycles. The van der Waals surface area contributed by atoms with E-state index < -0.39 is 5.79 Å². The van der Waals surface area contributed by atoms with E-state index in [4.69, 9.17) is 9.47 Å². The van der Waals surface area contributed by atoms with Crippen LogP contribution in [-0.4, -0.2) is 30.9 Å². The number of rotatable bonds is 4. The van der Waals surface area contributed by atoms with E-state index >= 15 is 0 Å². The van der Waals surface area contributed by atoms with E-state index in [-0.39, 0.29) is 12.0 Å². The summed E-state index contributed by atoms with van der Waals surface area (Å²) in [6.45, 7) is 8.84. The number of carbonyl (C=O) groups is 1. The molecule has 1 N–H and O–H groups in total. The molecule has 4 heteroatoms. The second kappa shape index (κ2) is 5.94. The molecule has 20 heavy (non-hydrogen) atoms. The standard InChI is InChI=1S/C16H23NO3/c1-11-5-6-12(2)13(7-11)8-15(18)17-9-14-10-19-16(3,4)20-14/h5-7,14H,8-10H2,1-4H3,(H,17,18). The Morgan fingerprint density at radius 2 is 2.15 bits per heavy atom. The average Bonchev–Trinajstić information content (AvgIpc) is 2.71. The number of ether oxygens (including phenoxy) is 2. The normalized spacial score (nSPS) is 20.9. The molecular weight excluding hydrogens is 254 g/mol. The summed E-state index contributed by atoms with van der Waals surface area (Å²) >= 11 is 0. The van der Waals surface area contributed by atoms with Crippen LogP contribution in [0, 0.1) is 13.8 Å². The Morgan fingerprint density at radius 3 is 2.80 bits per heavy atom. The van der Waals surface area contributed by atoms with Gasteiger partial charge in [-0.15, -0.1) is 0 Å². The van der Waals surface area contributed by atoms with Crippen molar-refractivity contribution in [2.24, 2.45) is 0 Å². The van der Waals surface area contributed by atoms with Gasteiger partial charge in [0.2, 0.25) is 5.91 Å². The van der Waals surface area contributed by atoms with E-state index in [1.54, 1.807) is 0 Å². The molecule has 1 atom stereocenters. The number of amides is 1. The lowest BCUT2D eigenvalue weighted by molar-refractivity contribution is -0.139. The Labute approximate surface area is 120 Å². The molecule has 1 unspecified atom stereocenters. The highest BCUT2D eigenvalue weighted by Gasteiger charge is 2.32. The van der Waals surface area contributed by atoms with Crippen LogP contribution in [0.25, 0.3) is 0 Å². The zero-order valence-electron chi connectivity index (χ0n) is 12.7. The van der Waals surface area contributed by atoms with Crippen LogP contribution >= 0.6 is 0 Å². The molecular formula is C16H23NO3. The number of nitrogens with one attached hydrogen (secondary N) is 1. The molecule has 1 saturated heterocycles. The predicted molar refractivity (Wildman–Crippen MR) is 77.5 cm³/mol. The van der Waals surface area contributed by atoms with Crippen LogP contribution in [0.2, 0.25) is 0 Å². The van der Waals surface area contributed by atoms with Crippen LogP contribution < -0.4 is 5.32 Å². The lowest BCUT2D eigenvalue weighted by Crippen LogP contribution is -2.35. The quantitative estimate of drug-likeness (QED) is 0.917. The summed E-state index contributed by atoms with van der Waals surface area (Å²) in [6.07, 6.45) is 0.345. The second-order valence-corrected chi connectivity index (χ2v) is 5.86. The van der Waals surface area contributed by atoms with Gasteiger partial charge in [-0.25, -0.2) is 0 Å². The van der Waals surface area contributed by atoms with Crippen LogP contribution in [0.5, 0.6) is 0 Å².